The first-order valence-electron chi connectivity index (χ1n) is 27.5. The number of benzene rings is 2. The molecule has 2 rings (SSSR count). The van der Waals surface area contributed by atoms with Gasteiger partial charge >= 0.3 is 5.97 Å². The monoisotopic (exact) mass is 1140 g/mol. The Bertz CT molecular complexity index is 2370. The van der Waals surface area contributed by atoms with Gasteiger partial charge in [-0.05, 0) is 98.0 Å². The largest absolute Gasteiger partial charge is 0.508 e. The number of amides is 9. The van der Waals surface area contributed by atoms with Gasteiger partial charge in [-0.25, -0.2) is 4.79 Å². The fraction of sp³-hybridized carbons (Fsp3) is 0.614. The molecule has 11 atom stereocenters. The van der Waals surface area contributed by atoms with E-state index >= 15 is 0 Å². The van der Waals surface area contributed by atoms with Gasteiger partial charge in [0.2, 0.25) is 53.2 Å². The molecule has 0 unspecified atom stereocenters. The SMILES string of the molecule is CC[C@H](C)[C@H](NC(=O)[C@@H](N)CC(C)C)C(=O)N[C@@H](CC(C)C)C(=O)N[C@@H](Cc1ccccc1)C(=O)N[C@H](C(=O)N[C@H](C(=O)N[C@@H](C)C(=O)N[C@@H](CCSC)C(=O)N[C@@H](C)C(=O)N[C@@H](Cc1ccc(O)cc1)C(=O)O)C(C)C)C(C)C. The summed E-state index contributed by atoms with van der Waals surface area (Å²) in [5.41, 5.74) is 7.37. The van der Waals surface area contributed by atoms with E-state index in [0.717, 1.165) is 0 Å². The third-order valence-electron chi connectivity index (χ3n) is 13.3. The van der Waals surface area contributed by atoms with E-state index in [9.17, 15) is 58.2 Å². The summed E-state index contributed by atoms with van der Waals surface area (Å²) in [5, 5.41) is 43.5. The zero-order valence-corrected chi connectivity index (χ0v) is 49.6. The number of carbonyl (C=O) groups is 10. The Balaban J connectivity index is 2.28. The van der Waals surface area contributed by atoms with E-state index in [1.807, 2.05) is 41.5 Å². The number of carboxylic acids is 1. The van der Waals surface area contributed by atoms with Crippen molar-refractivity contribution in [1.82, 2.24) is 47.9 Å². The van der Waals surface area contributed by atoms with Crippen molar-refractivity contribution in [2.24, 2.45) is 35.3 Å². The van der Waals surface area contributed by atoms with Crippen molar-refractivity contribution in [3.63, 3.8) is 0 Å². The summed E-state index contributed by atoms with van der Waals surface area (Å²) in [6, 6.07) is 2.94. The van der Waals surface area contributed by atoms with Crippen molar-refractivity contribution in [3.05, 3.63) is 65.7 Å². The van der Waals surface area contributed by atoms with Crippen LogP contribution in [0, 0.1) is 29.6 Å². The molecule has 13 N–H and O–H groups in total. The molecular formula is C57H90N10O12S. The lowest BCUT2D eigenvalue weighted by atomic mass is 9.95. The van der Waals surface area contributed by atoms with Gasteiger partial charge in [-0.1, -0.05) is 118 Å². The quantitative estimate of drug-likeness (QED) is 0.0478. The lowest BCUT2D eigenvalue weighted by Crippen LogP contribution is -2.62. The molecule has 0 aliphatic carbocycles. The molecular weight excluding hydrogens is 1050 g/mol. The molecule has 2 aromatic rings. The number of carbonyl (C=O) groups excluding carboxylic acids is 9. The molecule has 0 aliphatic rings. The molecule has 9 amide bonds. The summed E-state index contributed by atoms with van der Waals surface area (Å²) in [7, 11) is 0. The average molecular weight is 1140 g/mol. The molecule has 0 saturated heterocycles. The molecule has 0 aliphatic heterocycles. The Kier molecular flexibility index (Phi) is 29.8. The van der Waals surface area contributed by atoms with Gasteiger partial charge in [0.25, 0.3) is 0 Å². The van der Waals surface area contributed by atoms with E-state index < -0.39 is 131 Å². The Labute approximate surface area is 476 Å². The van der Waals surface area contributed by atoms with Crippen molar-refractivity contribution < 1.29 is 58.2 Å². The fourth-order valence-corrected chi connectivity index (χ4v) is 8.83. The fourth-order valence-electron chi connectivity index (χ4n) is 8.35. The topological polar surface area (TPSA) is 345 Å². The molecule has 0 spiro atoms. The molecule has 0 radical (unpaired) electrons. The number of hydrogen-bond donors (Lipinski definition) is 12. The van der Waals surface area contributed by atoms with Crippen molar-refractivity contribution in [2.45, 2.75) is 182 Å². The summed E-state index contributed by atoms with van der Waals surface area (Å²) in [6.07, 6.45) is 2.92. The van der Waals surface area contributed by atoms with Crippen LogP contribution >= 0.6 is 11.8 Å². The van der Waals surface area contributed by atoms with Crippen LogP contribution in [-0.4, -0.2) is 142 Å². The molecule has 22 nitrogen and oxygen atoms in total. The second-order valence-electron chi connectivity index (χ2n) is 22.1. The van der Waals surface area contributed by atoms with E-state index in [1.54, 1.807) is 64.3 Å². The van der Waals surface area contributed by atoms with Gasteiger partial charge in [0.15, 0.2) is 0 Å². The molecule has 23 heteroatoms. The Hall–Kier alpha value is -6.75. The van der Waals surface area contributed by atoms with Crippen LogP contribution in [-0.2, 0) is 60.8 Å². The summed E-state index contributed by atoms with van der Waals surface area (Å²) < 4.78 is 0. The van der Waals surface area contributed by atoms with Gasteiger partial charge < -0.3 is 63.8 Å². The first kappa shape index (κ1) is 69.4. The van der Waals surface area contributed by atoms with E-state index in [4.69, 9.17) is 5.73 Å². The molecule has 0 saturated carbocycles. The summed E-state index contributed by atoms with van der Waals surface area (Å²) in [5.74, 6) is -8.56. The standard InChI is InChI=1S/C57H90N10O12S/c1-14-34(10)47(67-50(71)40(58)26-30(2)3)56(77)63-42(27-31(4)5)52(73)62-43(28-37-18-16-15-17-19-37)53(74)65-46(33(8)9)55(76)66-45(32(6)7)54(75)60-36(12)48(69)61-41(24-25-80-13)51(72)59-35(11)49(70)64-44(57(78)79)29-38-20-22-39(68)23-21-38/h15-23,30-36,40-47,68H,14,24-29,58H2,1-13H3,(H,59,72)(H,60,75)(H,61,69)(H,62,73)(H,63,77)(H,64,70)(H,65,74)(H,66,76)(H,67,71)(H,78,79)/t34-,35-,36-,40-,41-,42-,43-,44-,45-,46-,47-/m0/s1. The second kappa shape index (κ2) is 34.4. The van der Waals surface area contributed by atoms with Gasteiger partial charge in [0.1, 0.15) is 60.1 Å². The van der Waals surface area contributed by atoms with Crippen LogP contribution in [0.2, 0.25) is 0 Å². The van der Waals surface area contributed by atoms with Crippen molar-refractivity contribution >= 4 is 70.9 Å². The number of rotatable bonds is 34. The molecule has 80 heavy (non-hydrogen) atoms. The highest BCUT2D eigenvalue weighted by Crippen LogP contribution is 2.16. The zero-order chi connectivity index (χ0) is 60.6. The minimum Gasteiger partial charge on any atom is -0.508 e. The van der Waals surface area contributed by atoms with E-state index in [-0.39, 0.29) is 49.2 Å². The maximum absolute atomic E-state index is 14.4. The number of phenols is 1. The number of phenolic OH excluding ortho intramolecular Hbond substituents is 1. The van der Waals surface area contributed by atoms with Crippen LogP contribution < -0.4 is 53.6 Å². The highest BCUT2D eigenvalue weighted by molar-refractivity contribution is 7.98. The normalized spacial score (nSPS) is 15.5. The highest BCUT2D eigenvalue weighted by Gasteiger charge is 2.37. The summed E-state index contributed by atoms with van der Waals surface area (Å²) in [4.78, 5) is 136. The van der Waals surface area contributed by atoms with Crippen LogP contribution in [0.1, 0.15) is 120 Å². The number of nitrogens with one attached hydrogen (secondary N) is 9. The highest BCUT2D eigenvalue weighted by atomic mass is 32.2. The number of nitrogens with two attached hydrogens (primary N) is 1. The van der Waals surface area contributed by atoms with Gasteiger partial charge in [-0.15, -0.1) is 0 Å². The number of hydrogen-bond acceptors (Lipinski definition) is 13. The maximum atomic E-state index is 14.4. The number of thioether (sulfide) groups is 1. The molecule has 446 valence electrons. The van der Waals surface area contributed by atoms with Gasteiger partial charge in [0.05, 0.1) is 6.04 Å². The minimum absolute atomic E-state index is 0.00610. The lowest BCUT2D eigenvalue weighted by Gasteiger charge is -2.30. The first-order valence-corrected chi connectivity index (χ1v) is 28.9. The molecule has 0 fully saturated rings. The number of aromatic hydroxyl groups is 1. The predicted octanol–water partition coefficient (Wildman–Crippen LogP) is 2.20. The van der Waals surface area contributed by atoms with E-state index in [1.165, 1.54) is 49.9 Å². The molecule has 0 heterocycles. The Morgan fingerprint density at radius 3 is 1.39 bits per heavy atom. The van der Waals surface area contributed by atoms with Crippen molar-refractivity contribution in [3.8, 4) is 5.75 Å². The number of aliphatic carboxylic acids is 1. The molecule has 0 bridgehead atoms. The third kappa shape index (κ3) is 23.9. The summed E-state index contributed by atoms with van der Waals surface area (Å²) >= 11 is 1.39. The van der Waals surface area contributed by atoms with E-state index in [0.29, 0.717) is 29.7 Å². The van der Waals surface area contributed by atoms with E-state index in [2.05, 4.69) is 47.9 Å². The van der Waals surface area contributed by atoms with Crippen molar-refractivity contribution in [2.75, 3.05) is 12.0 Å². The smallest absolute Gasteiger partial charge is 0.326 e. The molecule has 0 aromatic heterocycles. The van der Waals surface area contributed by atoms with Crippen LogP contribution in [0.15, 0.2) is 54.6 Å². The molecule has 2 aromatic carbocycles. The van der Waals surface area contributed by atoms with Crippen LogP contribution in [0.4, 0.5) is 0 Å². The van der Waals surface area contributed by atoms with Crippen LogP contribution in [0.3, 0.4) is 0 Å². The first-order chi connectivity index (χ1) is 37.5. The average Bonchev–Trinajstić information content (AvgIpc) is 3.38. The maximum Gasteiger partial charge on any atom is 0.326 e. The van der Waals surface area contributed by atoms with Crippen LogP contribution in [0.25, 0.3) is 0 Å². The lowest BCUT2D eigenvalue weighted by molar-refractivity contribution is -0.142. The predicted molar refractivity (Wildman–Crippen MR) is 307 cm³/mol. The van der Waals surface area contributed by atoms with Crippen molar-refractivity contribution in [1.29, 1.82) is 0 Å². The minimum atomic E-state index is -1.36. The number of carboxylic acid groups (broad SMARTS) is 1. The Morgan fingerprint density at radius 1 is 0.475 bits per heavy atom. The third-order valence-corrected chi connectivity index (χ3v) is 14.0. The van der Waals surface area contributed by atoms with Gasteiger partial charge in [0, 0.05) is 12.8 Å². The second-order valence-corrected chi connectivity index (χ2v) is 23.1. The van der Waals surface area contributed by atoms with Crippen LogP contribution in [0.5, 0.6) is 5.75 Å². The summed E-state index contributed by atoms with van der Waals surface area (Å²) in [6.45, 7) is 20.7. The van der Waals surface area contributed by atoms with Gasteiger partial charge in [-0.3, -0.25) is 43.2 Å². The zero-order valence-electron chi connectivity index (χ0n) is 48.8. The Morgan fingerprint density at radius 2 is 0.887 bits per heavy atom. The van der Waals surface area contributed by atoms with Gasteiger partial charge in [-0.2, -0.15) is 11.8 Å².